The van der Waals surface area contributed by atoms with Gasteiger partial charge in [-0.2, -0.15) is 0 Å². The highest BCUT2D eigenvalue weighted by molar-refractivity contribution is 9.09. The molecule has 1 rings (SSSR count). The zero-order valence-corrected chi connectivity index (χ0v) is 11.9. The molecular weight excluding hydrogens is 286 g/mol. The van der Waals surface area contributed by atoms with Crippen LogP contribution in [0.5, 0.6) is 0 Å². The lowest BCUT2D eigenvalue weighted by Gasteiger charge is -2.22. The molecule has 1 aromatic carbocycles. The van der Waals surface area contributed by atoms with Crippen LogP contribution in [0.2, 0.25) is 0 Å². The Kier molecular flexibility index (Phi) is 6.10. The van der Waals surface area contributed by atoms with Gasteiger partial charge in [0, 0.05) is 10.4 Å². The Hall–Kier alpha value is -0.440. The average Bonchev–Trinajstić information content (AvgIpc) is 2.33. The molecule has 0 aliphatic heterocycles. The first-order chi connectivity index (χ1) is 8.10. The molecule has 0 nitrogen and oxygen atoms in total. The quantitative estimate of drug-likeness (QED) is 0.599. The van der Waals surface area contributed by atoms with Crippen LogP contribution in [0.1, 0.15) is 49.9 Å². The summed E-state index contributed by atoms with van der Waals surface area (Å²) >= 11 is 3.52. The Balaban J connectivity index is 2.85. The Morgan fingerprint density at radius 3 is 2.53 bits per heavy atom. The molecule has 0 bridgehead atoms. The summed E-state index contributed by atoms with van der Waals surface area (Å²) < 4.78 is 26.8. The Labute approximate surface area is 111 Å². The van der Waals surface area contributed by atoms with E-state index < -0.39 is 0 Å². The smallest absolute Gasteiger partial charge is 0.127 e. The van der Waals surface area contributed by atoms with Gasteiger partial charge in [0.15, 0.2) is 0 Å². The molecule has 1 aromatic rings. The maximum atomic E-state index is 13.6. The molecule has 0 spiro atoms. The summed E-state index contributed by atoms with van der Waals surface area (Å²) in [4.78, 5) is -0.102. The fourth-order valence-corrected chi connectivity index (χ4v) is 2.99. The summed E-state index contributed by atoms with van der Waals surface area (Å²) in [7, 11) is 0. The SMILES string of the molecule is CCCCC(CC)C(Br)c1cc(F)ccc1F. The molecule has 0 heterocycles. The predicted octanol–water partition coefficient (Wildman–Crippen LogP) is 5.62. The fourth-order valence-electron chi connectivity index (χ4n) is 2.00. The van der Waals surface area contributed by atoms with E-state index in [0.717, 1.165) is 31.7 Å². The van der Waals surface area contributed by atoms with E-state index in [1.54, 1.807) is 0 Å². The molecule has 0 saturated heterocycles. The highest BCUT2D eigenvalue weighted by atomic mass is 79.9. The molecule has 0 aliphatic carbocycles. The second-order valence-corrected chi connectivity index (χ2v) is 5.36. The number of unbranched alkanes of at least 4 members (excludes halogenated alkanes) is 1. The van der Waals surface area contributed by atoms with E-state index >= 15 is 0 Å². The molecule has 0 radical (unpaired) electrons. The highest BCUT2D eigenvalue weighted by Gasteiger charge is 2.21. The van der Waals surface area contributed by atoms with Crippen LogP contribution in [-0.4, -0.2) is 0 Å². The molecule has 2 atom stereocenters. The third-order valence-corrected chi connectivity index (χ3v) is 4.36. The molecule has 2 unspecified atom stereocenters. The van der Waals surface area contributed by atoms with Crippen molar-refractivity contribution in [2.24, 2.45) is 5.92 Å². The molecule has 0 amide bonds. The van der Waals surface area contributed by atoms with Gasteiger partial charge in [0.1, 0.15) is 11.6 Å². The highest BCUT2D eigenvalue weighted by Crippen LogP contribution is 2.37. The van der Waals surface area contributed by atoms with Crippen molar-refractivity contribution in [3.8, 4) is 0 Å². The van der Waals surface area contributed by atoms with Crippen LogP contribution in [-0.2, 0) is 0 Å². The Morgan fingerprint density at radius 1 is 1.24 bits per heavy atom. The number of halogens is 3. The van der Waals surface area contributed by atoms with E-state index in [0.29, 0.717) is 11.5 Å². The van der Waals surface area contributed by atoms with Gasteiger partial charge < -0.3 is 0 Å². The second-order valence-electron chi connectivity index (χ2n) is 4.38. The van der Waals surface area contributed by atoms with Crippen molar-refractivity contribution in [2.75, 3.05) is 0 Å². The average molecular weight is 305 g/mol. The van der Waals surface area contributed by atoms with Crippen LogP contribution in [0.4, 0.5) is 8.78 Å². The van der Waals surface area contributed by atoms with Crippen LogP contribution >= 0.6 is 15.9 Å². The van der Waals surface area contributed by atoms with Gasteiger partial charge >= 0.3 is 0 Å². The maximum absolute atomic E-state index is 13.6. The predicted molar refractivity (Wildman–Crippen MR) is 71.3 cm³/mol. The summed E-state index contributed by atoms with van der Waals surface area (Å²) in [6.07, 6.45) is 4.25. The lowest BCUT2D eigenvalue weighted by Crippen LogP contribution is -2.09. The summed E-state index contributed by atoms with van der Waals surface area (Å²) in [5.74, 6) is -0.356. The minimum Gasteiger partial charge on any atom is -0.207 e. The Bertz CT molecular complexity index is 352. The third-order valence-electron chi connectivity index (χ3n) is 3.12. The summed E-state index contributed by atoms with van der Waals surface area (Å²) in [5, 5.41) is 0. The van der Waals surface area contributed by atoms with Crippen molar-refractivity contribution in [1.29, 1.82) is 0 Å². The van der Waals surface area contributed by atoms with Crippen LogP contribution in [0, 0.1) is 17.6 Å². The van der Waals surface area contributed by atoms with Crippen molar-refractivity contribution in [1.82, 2.24) is 0 Å². The zero-order valence-electron chi connectivity index (χ0n) is 10.3. The van der Waals surface area contributed by atoms with Crippen molar-refractivity contribution < 1.29 is 8.78 Å². The molecule has 0 aliphatic rings. The van der Waals surface area contributed by atoms with E-state index in [1.165, 1.54) is 12.1 Å². The van der Waals surface area contributed by atoms with Gasteiger partial charge in [-0.05, 0) is 30.5 Å². The molecule has 17 heavy (non-hydrogen) atoms. The van der Waals surface area contributed by atoms with Crippen LogP contribution in [0.25, 0.3) is 0 Å². The van der Waals surface area contributed by atoms with Crippen molar-refractivity contribution in [3.63, 3.8) is 0 Å². The summed E-state index contributed by atoms with van der Waals surface area (Å²) in [5.41, 5.74) is 0.438. The summed E-state index contributed by atoms with van der Waals surface area (Å²) in [6.45, 7) is 4.23. The van der Waals surface area contributed by atoms with Gasteiger partial charge in [-0.25, -0.2) is 8.78 Å². The number of benzene rings is 1. The monoisotopic (exact) mass is 304 g/mol. The molecule has 0 fully saturated rings. The van der Waals surface area contributed by atoms with Crippen molar-refractivity contribution >= 4 is 15.9 Å². The van der Waals surface area contributed by atoms with E-state index in [-0.39, 0.29) is 16.5 Å². The van der Waals surface area contributed by atoms with Gasteiger partial charge in [0.25, 0.3) is 0 Å². The third kappa shape index (κ3) is 4.06. The second kappa shape index (κ2) is 7.10. The van der Waals surface area contributed by atoms with E-state index in [4.69, 9.17) is 0 Å². The molecule has 0 N–H and O–H groups in total. The lowest BCUT2D eigenvalue weighted by molar-refractivity contribution is 0.435. The van der Waals surface area contributed by atoms with Crippen molar-refractivity contribution in [3.05, 3.63) is 35.4 Å². The lowest BCUT2D eigenvalue weighted by atomic mass is 9.91. The molecule has 3 heteroatoms. The first kappa shape index (κ1) is 14.6. The van der Waals surface area contributed by atoms with Gasteiger partial charge in [-0.3, -0.25) is 0 Å². The fraction of sp³-hybridized carbons (Fsp3) is 0.571. The van der Waals surface area contributed by atoms with Crippen LogP contribution in [0.3, 0.4) is 0 Å². The normalized spacial score (nSPS) is 14.6. The van der Waals surface area contributed by atoms with Gasteiger partial charge in [-0.15, -0.1) is 0 Å². The minimum atomic E-state index is -0.379. The van der Waals surface area contributed by atoms with Crippen LogP contribution < -0.4 is 0 Å². The molecule has 0 aromatic heterocycles. The molecular formula is C14H19BrF2. The van der Waals surface area contributed by atoms with E-state index in [9.17, 15) is 8.78 Å². The topological polar surface area (TPSA) is 0 Å². The number of rotatable bonds is 6. The first-order valence-electron chi connectivity index (χ1n) is 6.19. The number of hydrogen-bond acceptors (Lipinski definition) is 0. The molecule has 96 valence electrons. The van der Waals surface area contributed by atoms with E-state index in [1.807, 2.05) is 0 Å². The minimum absolute atomic E-state index is 0.102. The maximum Gasteiger partial charge on any atom is 0.127 e. The largest absolute Gasteiger partial charge is 0.207 e. The van der Waals surface area contributed by atoms with Crippen LogP contribution in [0.15, 0.2) is 18.2 Å². The zero-order chi connectivity index (χ0) is 12.8. The van der Waals surface area contributed by atoms with Gasteiger partial charge in [-0.1, -0.05) is 49.0 Å². The Morgan fingerprint density at radius 2 is 1.94 bits per heavy atom. The standard InChI is InChI=1S/C14H19BrF2/c1-3-5-6-10(4-2)14(15)12-9-11(16)7-8-13(12)17/h7-10,14H,3-6H2,1-2H3. The summed E-state index contributed by atoms with van der Waals surface area (Å²) in [6, 6.07) is 3.65. The van der Waals surface area contributed by atoms with Gasteiger partial charge in [0.05, 0.1) is 0 Å². The molecule has 0 saturated carbocycles. The van der Waals surface area contributed by atoms with Gasteiger partial charge in [0.2, 0.25) is 0 Å². The van der Waals surface area contributed by atoms with E-state index in [2.05, 4.69) is 29.8 Å². The van der Waals surface area contributed by atoms with Crippen molar-refractivity contribution in [2.45, 2.75) is 44.4 Å². The number of alkyl halides is 1. The first-order valence-corrected chi connectivity index (χ1v) is 7.10. The number of hydrogen-bond donors (Lipinski definition) is 0.